The molecule has 0 bridgehead atoms. The molecule has 0 aliphatic heterocycles. The summed E-state index contributed by atoms with van der Waals surface area (Å²) in [5, 5.41) is 2.82. The summed E-state index contributed by atoms with van der Waals surface area (Å²) in [7, 11) is 0. The molecule has 0 unspecified atom stereocenters. The summed E-state index contributed by atoms with van der Waals surface area (Å²) in [6, 6.07) is 3.71. The lowest BCUT2D eigenvalue weighted by Crippen LogP contribution is -2.25. The Labute approximate surface area is 78.2 Å². The second kappa shape index (κ2) is 5.30. The van der Waals surface area contributed by atoms with Gasteiger partial charge in [-0.05, 0) is 24.1 Å². The monoisotopic (exact) mass is 178 g/mol. The highest BCUT2D eigenvalue weighted by molar-refractivity contribution is 5.78. The number of aromatic nitrogens is 1. The average Bonchev–Trinajstić information content (AvgIpc) is 2.16. The molecule has 0 saturated carbocycles. The zero-order valence-corrected chi connectivity index (χ0v) is 7.79. The van der Waals surface area contributed by atoms with Gasteiger partial charge in [0.2, 0.25) is 5.91 Å². The van der Waals surface area contributed by atoms with Gasteiger partial charge in [-0.15, -0.1) is 0 Å². The van der Waals surface area contributed by atoms with Crippen LogP contribution in [0, 0.1) is 0 Å². The zero-order valence-electron chi connectivity index (χ0n) is 7.79. The molecule has 1 aromatic heterocycles. The standard InChI is InChI=1S/C10H14N2O/c1-2-5-12-10(13)8-9-3-6-11-7-4-9/h3-4,6-7H,2,5,8H2,1H3,(H,12,13). The molecule has 0 spiro atoms. The van der Waals surface area contributed by atoms with E-state index in [9.17, 15) is 4.79 Å². The van der Waals surface area contributed by atoms with E-state index in [1.54, 1.807) is 12.4 Å². The number of rotatable bonds is 4. The van der Waals surface area contributed by atoms with Crippen LogP contribution in [-0.4, -0.2) is 17.4 Å². The predicted molar refractivity (Wildman–Crippen MR) is 51.2 cm³/mol. The van der Waals surface area contributed by atoms with Crippen LogP contribution >= 0.6 is 0 Å². The zero-order chi connectivity index (χ0) is 9.52. The van der Waals surface area contributed by atoms with Crippen LogP contribution in [0.2, 0.25) is 0 Å². The number of nitrogens with zero attached hydrogens (tertiary/aromatic N) is 1. The van der Waals surface area contributed by atoms with Gasteiger partial charge >= 0.3 is 0 Å². The quantitative estimate of drug-likeness (QED) is 0.751. The Bertz CT molecular complexity index is 259. The SMILES string of the molecule is CCCNC(=O)Cc1ccncc1. The first kappa shape index (κ1) is 9.71. The maximum atomic E-state index is 11.2. The van der Waals surface area contributed by atoms with E-state index in [1.807, 2.05) is 19.1 Å². The van der Waals surface area contributed by atoms with Crippen LogP contribution in [0.3, 0.4) is 0 Å². The third kappa shape index (κ3) is 3.69. The Morgan fingerprint density at radius 1 is 1.46 bits per heavy atom. The van der Waals surface area contributed by atoms with Crippen molar-refractivity contribution < 1.29 is 4.79 Å². The number of carbonyl (C=O) groups is 1. The fraction of sp³-hybridized carbons (Fsp3) is 0.400. The van der Waals surface area contributed by atoms with E-state index in [-0.39, 0.29) is 5.91 Å². The molecule has 0 radical (unpaired) electrons. The second-order valence-corrected chi connectivity index (χ2v) is 2.88. The molecule has 1 amide bonds. The molecule has 0 fully saturated rings. The van der Waals surface area contributed by atoms with Gasteiger partial charge < -0.3 is 5.32 Å². The van der Waals surface area contributed by atoms with Crippen LogP contribution in [-0.2, 0) is 11.2 Å². The molecule has 1 heterocycles. The van der Waals surface area contributed by atoms with E-state index in [4.69, 9.17) is 0 Å². The van der Waals surface area contributed by atoms with Crippen molar-refractivity contribution in [3.05, 3.63) is 30.1 Å². The van der Waals surface area contributed by atoms with E-state index >= 15 is 0 Å². The normalized spacial score (nSPS) is 9.62. The molecule has 3 nitrogen and oxygen atoms in total. The Morgan fingerprint density at radius 2 is 2.15 bits per heavy atom. The van der Waals surface area contributed by atoms with E-state index < -0.39 is 0 Å². The summed E-state index contributed by atoms with van der Waals surface area (Å²) in [6.45, 7) is 2.79. The van der Waals surface area contributed by atoms with Crippen molar-refractivity contribution in [1.29, 1.82) is 0 Å². The third-order valence-electron chi connectivity index (χ3n) is 1.69. The van der Waals surface area contributed by atoms with Crippen LogP contribution in [0.4, 0.5) is 0 Å². The number of hydrogen-bond donors (Lipinski definition) is 1. The first-order valence-corrected chi connectivity index (χ1v) is 4.48. The van der Waals surface area contributed by atoms with Gasteiger partial charge in [-0.1, -0.05) is 6.92 Å². The minimum Gasteiger partial charge on any atom is -0.356 e. The highest BCUT2D eigenvalue weighted by Gasteiger charge is 2.00. The van der Waals surface area contributed by atoms with Gasteiger partial charge in [-0.25, -0.2) is 0 Å². The summed E-state index contributed by atoms with van der Waals surface area (Å²) < 4.78 is 0. The fourth-order valence-corrected chi connectivity index (χ4v) is 1.01. The number of carbonyl (C=O) groups excluding carboxylic acids is 1. The molecule has 70 valence electrons. The molecule has 1 N–H and O–H groups in total. The van der Waals surface area contributed by atoms with Gasteiger partial charge in [-0.3, -0.25) is 9.78 Å². The molecule has 0 aliphatic carbocycles. The lowest BCUT2D eigenvalue weighted by molar-refractivity contribution is -0.120. The first-order chi connectivity index (χ1) is 6.33. The van der Waals surface area contributed by atoms with Crippen LogP contribution in [0.1, 0.15) is 18.9 Å². The van der Waals surface area contributed by atoms with Crippen molar-refractivity contribution in [3.8, 4) is 0 Å². The van der Waals surface area contributed by atoms with Crippen LogP contribution in [0.5, 0.6) is 0 Å². The molecule has 13 heavy (non-hydrogen) atoms. The molecule has 3 heteroatoms. The van der Waals surface area contributed by atoms with Gasteiger partial charge in [0.25, 0.3) is 0 Å². The van der Waals surface area contributed by atoms with Crippen molar-refractivity contribution in [3.63, 3.8) is 0 Å². The van der Waals surface area contributed by atoms with Crippen molar-refractivity contribution in [2.24, 2.45) is 0 Å². The van der Waals surface area contributed by atoms with Gasteiger partial charge in [0.1, 0.15) is 0 Å². The number of pyridine rings is 1. The highest BCUT2D eigenvalue weighted by Crippen LogP contribution is 1.96. The number of nitrogens with one attached hydrogen (secondary N) is 1. The van der Waals surface area contributed by atoms with Gasteiger partial charge in [0.05, 0.1) is 6.42 Å². The number of hydrogen-bond acceptors (Lipinski definition) is 2. The summed E-state index contributed by atoms with van der Waals surface area (Å²) in [4.78, 5) is 15.1. The lowest BCUT2D eigenvalue weighted by Gasteiger charge is -2.02. The van der Waals surface area contributed by atoms with Crippen molar-refractivity contribution in [2.45, 2.75) is 19.8 Å². The van der Waals surface area contributed by atoms with E-state index in [1.165, 1.54) is 0 Å². The largest absolute Gasteiger partial charge is 0.356 e. The van der Waals surface area contributed by atoms with Crippen LogP contribution in [0.25, 0.3) is 0 Å². The molecule has 0 atom stereocenters. The molecular formula is C10H14N2O. The van der Waals surface area contributed by atoms with E-state index in [0.29, 0.717) is 6.42 Å². The summed E-state index contributed by atoms with van der Waals surface area (Å²) in [6.07, 6.45) is 4.81. The smallest absolute Gasteiger partial charge is 0.224 e. The van der Waals surface area contributed by atoms with Gasteiger partial charge in [-0.2, -0.15) is 0 Å². The Kier molecular flexibility index (Phi) is 3.96. The Hall–Kier alpha value is -1.38. The fourth-order valence-electron chi connectivity index (χ4n) is 1.01. The van der Waals surface area contributed by atoms with Gasteiger partial charge in [0, 0.05) is 18.9 Å². The molecule has 1 rings (SSSR count). The minimum absolute atomic E-state index is 0.0769. The van der Waals surface area contributed by atoms with Crippen molar-refractivity contribution in [1.82, 2.24) is 10.3 Å². The van der Waals surface area contributed by atoms with Crippen LogP contribution < -0.4 is 5.32 Å². The molecule has 0 saturated heterocycles. The summed E-state index contributed by atoms with van der Waals surface area (Å²) in [5.41, 5.74) is 1.00. The first-order valence-electron chi connectivity index (χ1n) is 4.48. The predicted octanol–water partition coefficient (Wildman–Crippen LogP) is 1.15. The second-order valence-electron chi connectivity index (χ2n) is 2.88. The minimum atomic E-state index is 0.0769. The topological polar surface area (TPSA) is 42.0 Å². The van der Waals surface area contributed by atoms with Crippen molar-refractivity contribution in [2.75, 3.05) is 6.54 Å². The molecule has 0 aromatic carbocycles. The Balaban J connectivity index is 2.37. The van der Waals surface area contributed by atoms with E-state index in [2.05, 4.69) is 10.3 Å². The maximum Gasteiger partial charge on any atom is 0.224 e. The average molecular weight is 178 g/mol. The third-order valence-corrected chi connectivity index (χ3v) is 1.69. The van der Waals surface area contributed by atoms with Crippen LogP contribution in [0.15, 0.2) is 24.5 Å². The van der Waals surface area contributed by atoms with E-state index in [0.717, 1.165) is 18.5 Å². The highest BCUT2D eigenvalue weighted by atomic mass is 16.1. The lowest BCUT2D eigenvalue weighted by atomic mass is 10.2. The molecule has 1 aromatic rings. The van der Waals surface area contributed by atoms with Crippen molar-refractivity contribution >= 4 is 5.91 Å². The molecule has 0 aliphatic rings. The Morgan fingerprint density at radius 3 is 2.77 bits per heavy atom. The molecular weight excluding hydrogens is 164 g/mol. The summed E-state index contributed by atoms with van der Waals surface area (Å²) >= 11 is 0. The maximum absolute atomic E-state index is 11.2. The summed E-state index contributed by atoms with van der Waals surface area (Å²) in [5.74, 6) is 0.0769. The van der Waals surface area contributed by atoms with Gasteiger partial charge in [0.15, 0.2) is 0 Å². The number of amides is 1.